The van der Waals surface area contributed by atoms with Crippen molar-refractivity contribution >= 4 is 0 Å². The Morgan fingerprint density at radius 3 is 1.20 bits per heavy atom. The van der Waals surface area contributed by atoms with Crippen LogP contribution in [0.1, 0.15) is 0 Å². The molecule has 2 N–H and O–H groups in total. The number of rotatable bonds is 1. The van der Waals surface area contributed by atoms with E-state index < -0.39 is 13.6 Å². The molecule has 0 radical (unpaired) electrons. The first-order valence-electron chi connectivity index (χ1n) is 1.20. The summed E-state index contributed by atoms with van der Waals surface area (Å²) >= 11 is -5.25. The van der Waals surface area contributed by atoms with Crippen LogP contribution in [0.5, 0.6) is 0 Å². The first-order valence-corrected chi connectivity index (χ1v) is 3.38. The fraction of sp³-hybridized carbons (Fsp3) is 0. The first-order chi connectivity index (χ1) is 3.91. The van der Waals surface area contributed by atoms with Gasteiger partial charge in [-0.25, -0.2) is 0 Å². The molecule has 10 heavy (non-hydrogen) atoms. The smallest absolute Gasteiger partial charge is 2.00 e. The molecular weight excluding hydrogens is 245 g/mol. The third-order valence-electron chi connectivity index (χ3n) is 0.0278. The van der Waals surface area contributed by atoms with Crippen molar-refractivity contribution in [3.63, 3.8) is 0 Å². The van der Waals surface area contributed by atoms with Crippen molar-refractivity contribution in [1.82, 2.24) is 0 Å². The maximum Gasteiger partial charge on any atom is 2.00 e. The fourth-order valence-corrected chi connectivity index (χ4v) is 0. The Morgan fingerprint density at radius 2 is 1.20 bits per heavy atom. The molecule has 0 spiro atoms. The Labute approximate surface area is 69.9 Å². The molecule has 0 unspecified atom stereocenters. The van der Waals surface area contributed by atoms with Crippen LogP contribution in [0.25, 0.3) is 0 Å². The van der Waals surface area contributed by atoms with Gasteiger partial charge in [0.05, 0.1) is 0 Å². The van der Waals surface area contributed by atoms with E-state index >= 15 is 0 Å². The van der Waals surface area contributed by atoms with Crippen molar-refractivity contribution in [3.8, 4) is 0 Å². The molecule has 0 saturated carbocycles. The summed E-state index contributed by atoms with van der Waals surface area (Å²) in [6, 6.07) is 0. The second-order valence-electron chi connectivity index (χ2n) is 0.584. The topological polar surface area (TPSA) is 139 Å². The minimum atomic E-state index is -5.25. The molecule has 10 heteroatoms. The summed E-state index contributed by atoms with van der Waals surface area (Å²) in [7, 11) is 0. The van der Waals surface area contributed by atoms with Crippen LogP contribution in [0.3, 0.4) is 0 Å². The van der Waals surface area contributed by atoms with E-state index in [0.717, 1.165) is 0 Å². The second kappa shape index (κ2) is 9.52. The van der Waals surface area contributed by atoms with E-state index in [1.807, 2.05) is 0 Å². The van der Waals surface area contributed by atoms with E-state index in [-0.39, 0.29) is 19.5 Å². The van der Waals surface area contributed by atoms with Crippen LogP contribution in [0.4, 0.5) is 0 Å². The van der Waals surface area contributed by atoms with Gasteiger partial charge in [-0.1, -0.05) is 0 Å². The molecular formula is H2CrO8Zn. The van der Waals surface area contributed by atoms with E-state index in [1.165, 1.54) is 0 Å². The van der Waals surface area contributed by atoms with Gasteiger partial charge in [-0.05, 0) is 0 Å². The maximum atomic E-state index is 8.82. The fourth-order valence-electron chi connectivity index (χ4n) is 0. The molecule has 0 aliphatic heterocycles. The van der Waals surface area contributed by atoms with Gasteiger partial charge in [0.1, 0.15) is 0 Å². The average molecular weight is 247 g/mol. The molecule has 0 fully saturated rings. The molecule has 0 atom stereocenters. The van der Waals surface area contributed by atoms with Gasteiger partial charge in [0.25, 0.3) is 0 Å². The maximum absolute atomic E-state index is 8.82. The molecule has 0 aromatic rings. The first kappa shape index (κ1) is 16.9. The van der Waals surface area contributed by atoms with E-state index in [1.54, 1.807) is 0 Å². The van der Waals surface area contributed by atoms with Gasteiger partial charge in [0.2, 0.25) is 0 Å². The van der Waals surface area contributed by atoms with Gasteiger partial charge in [-0.15, -0.1) is 0 Å². The molecule has 0 aliphatic carbocycles. The predicted octanol–water partition coefficient (Wildman–Crippen LogP) is -3.87. The molecule has 0 aromatic carbocycles. The third-order valence-corrected chi connectivity index (χ3v) is 0.0278. The molecule has 0 amide bonds. The summed E-state index contributed by atoms with van der Waals surface area (Å²) in [4.78, 5) is 0. The van der Waals surface area contributed by atoms with Crippen LogP contribution in [0, 0.1) is 0 Å². The van der Waals surface area contributed by atoms with Crippen molar-refractivity contribution in [3.05, 3.63) is 0 Å². The van der Waals surface area contributed by atoms with Crippen LogP contribution in [0.2, 0.25) is 0 Å². The zero-order valence-electron chi connectivity index (χ0n) is 4.46. The SMILES string of the molecule is [O-]OO[O-].[O]=[Cr](=[O])([OH])[OH].[Zn+2]. The zero-order chi connectivity index (χ0) is 7.91. The minimum absolute atomic E-state index is 0. The van der Waals surface area contributed by atoms with E-state index in [2.05, 4.69) is 10.1 Å². The Hall–Kier alpha value is 0.516. The molecule has 0 aliphatic rings. The molecule has 0 saturated heterocycles. The summed E-state index contributed by atoms with van der Waals surface area (Å²) in [5.74, 6) is 0. The van der Waals surface area contributed by atoms with Gasteiger partial charge < -0.3 is 20.6 Å². The second-order valence-corrected chi connectivity index (χ2v) is 1.98. The van der Waals surface area contributed by atoms with Crippen LogP contribution in [-0.2, 0) is 50.8 Å². The van der Waals surface area contributed by atoms with Crippen LogP contribution in [-0.4, -0.2) is 8.32 Å². The van der Waals surface area contributed by atoms with E-state index in [4.69, 9.17) is 26.4 Å². The van der Waals surface area contributed by atoms with Gasteiger partial charge in [0, 0.05) is 0 Å². The van der Waals surface area contributed by atoms with E-state index in [9.17, 15) is 0 Å². The van der Waals surface area contributed by atoms with Crippen molar-refractivity contribution in [2.75, 3.05) is 0 Å². The van der Waals surface area contributed by atoms with Crippen LogP contribution < -0.4 is 10.5 Å². The molecule has 0 heterocycles. The summed E-state index contributed by atoms with van der Waals surface area (Å²) < 4.78 is 31.9. The van der Waals surface area contributed by atoms with Crippen molar-refractivity contribution in [2.24, 2.45) is 0 Å². The molecule has 0 rings (SSSR count). The van der Waals surface area contributed by atoms with Crippen LogP contribution >= 0.6 is 0 Å². The monoisotopic (exact) mass is 246 g/mol. The summed E-state index contributed by atoms with van der Waals surface area (Å²) in [5, 5.41) is 21.0. The Balaban J connectivity index is -0.0000000910. The number of hydrogen-bond acceptors (Lipinski definition) is 6. The summed E-state index contributed by atoms with van der Waals surface area (Å²) in [6.07, 6.45) is 0. The van der Waals surface area contributed by atoms with E-state index in [0.29, 0.717) is 0 Å². The Kier molecular flexibility index (Phi) is 16.0. The molecule has 0 aromatic heterocycles. The standard InChI is InChI=1S/Cr.H2O4.2H2O.2O.Zn/c;1-3-4-2;;;;;/h;1-2H;2*1H2;;;/q+2;;;;;;+2/p-4. The zero-order valence-corrected chi connectivity index (χ0v) is 8.70. The van der Waals surface area contributed by atoms with Gasteiger partial charge in [-0.3, -0.25) is 0 Å². The van der Waals surface area contributed by atoms with Gasteiger partial charge in [0.15, 0.2) is 0 Å². The molecule has 8 nitrogen and oxygen atoms in total. The average Bonchev–Trinajstić information content (AvgIpc) is 1.61. The molecule has 0 bridgehead atoms. The van der Waals surface area contributed by atoms with Crippen molar-refractivity contribution in [2.45, 2.75) is 0 Å². The van der Waals surface area contributed by atoms with Gasteiger partial charge >= 0.3 is 49.0 Å². The normalized spacial score (nSPS) is 8.80. The van der Waals surface area contributed by atoms with Crippen molar-refractivity contribution < 1.29 is 69.6 Å². The minimum Gasteiger partial charge on any atom is 2.00 e. The quantitative estimate of drug-likeness (QED) is 0.272. The van der Waals surface area contributed by atoms with Crippen molar-refractivity contribution in [1.29, 1.82) is 0 Å². The third kappa shape index (κ3) is 209. The number of hydrogen-bond donors (Lipinski definition) is 2. The van der Waals surface area contributed by atoms with Crippen LogP contribution in [0.15, 0.2) is 0 Å². The summed E-state index contributed by atoms with van der Waals surface area (Å²) in [6.45, 7) is 0. The largest absolute Gasteiger partial charge is 2.00 e. The predicted molar refractivity (Wildman–Crippen MR) is 7.98 cm³/mol. The Bertz CT molecular complexity index is 112. The summed E-state index contributed by atoms with van der Waals surface area (Å²) in [5.41, 5.74) is 0. The van der Waals surface area contributed by atoms with Gasteiger partial charge in [-0.2, -0.15) is 0 Å². The molecule has 58 valence electrons. The Morgan fingerprint density at radius 1 is 1.10 bits per heavy atom.